The van der Waals surface area contributed by atoms with E-state index in [0.717, 1.165) is 12.0 Å². The van der Waals surface area contributed by atoms with Gasteiger partial charge in [-0.25, -0.2) is 0 Å². The number of carbonyl (C=O) groups excluding carboxylic acids is 2. The lowest BCUT2D eigenvalue weighted by molar-refractivity contribution is -0.133. The van der Waals surface area contributed by atoms with Gasteiger partial charge in [0.2, 0.25) is 5.91 Å². The van der Waals surface area contributed by atoms with Gasteiger partial charge in [0, 0.05) is 19.2 Å². The minimum atomic E-state index is -0.522. The Morgan fingerprint density at radius 2 is 1.92 bits per heavy atom. The SMILES string of the molecule is CC[C@H](C)[C@H](NC(=O)c1ccccc1)C(=O)N(C)Cc1ccsc1. The van der Waals surface area contributed by atoms with Gasteiger partial charge in [-0.05, 0) is 40.4 Å². The van der Waals surface area contributed by atoms with E-state index in [-0.39, 0.29) is 17.7 Å². The second-order valence-corrected chi connectivity index (χ2v) is 6.81. The molecule has 128 valence electrons. The monoisotopic (exact) mass is 344 g/mol. The van der Waals surface area contributed by atoms with Crippen LogP contribution in [0.5, 0.6) is 0 Å². The number of hydrogen-bond acceptors (Lipinski definition) is 3. The molecule has 0 aliphatic rings. The molecule has 4 nitrogen and oxygen atoms in total. The molecule has 0 saturated carbocycles. The van der Waals surface area contributed by atoms with Crippen molar-refractivity contribution >= 4 is 23.2 Å². The van der Waals surface area contributed by atoms with Crippen LogP contribution < -0.4 is 5.32 Å². The van der Waals surface area contributed by atoms with Crippen LogP contribution in [0.15, 0.2) is 47.2 Å². The van der Waals surface area contributed by atoms with Crippen molar-refractivity contribution in [1.29, 1.82) is 0 Å². The first-order valence-corrected chi connectivity index (χ1v) is 9.09. The number of hydrogen-bond donors (Lipinski definition) is 1. The van der Waals surface area contributed by atoms with Gasteiger partial charge in [-0.3, -0.25) is 9.59 Å². The lowest BCUT2D eigenvalue weighted by atomic mass is 9.97. The number of benzene rings is 1. The molecule has 1 aromatic carbocycles. The van der Waals surface area contributed by atoms with Gasteiger partial charge in [0.05, 0.1) is 0 Å². The summed E-state index contributed by atoms with van der Waals surface area (Å²) in [6.07, 6.45) is 0.817. The summed E-state index contributed by atoms with van der Waals surface area (Å²) in [4.78, 5) is 27.0. The quantitative estimate of drug-likeness (QED) is 0.835. The molecular formula is C19H24N2O2S. The molecule has 0 bridgehead atoms. The third kappa shape index (κ3) is 4.68. The highest BCUT2D eigenvalue weighted by Crippen LogP contribution is 2.14. The maximum Gasteiger partial charge on any atom is 0.251 e. The summed E-state index contributed by atoms with van der Waals surface area (Å²) in [6, 6.07) is 10.5. The van der Waals surface area contributed by atoms with Crippen molar-refractivity contribution < 1.29 is 9.59 Å². The summed E-state index contributed by atoms with van der Waals surface area (Å²) in [6.45, 7) is 4.57. The van der Waals surface area contributed by atoms with E-state index in [1.165, 1.54) is 0 Å². The fourth-order valence-electron chi connectivity index (χ4n) is 2.47. The second kappa shape index (κ2) is 8.64. The lowest BCUT2D eigenvalue weighted by Crippen LogP contribution is -2.50. The fraction of sp³-hybridized carbons (Fsp3) is 0.368. The summed E-state index contributed by atoms with van der Waals surface area (Å²) < 4.78 is 0. The molecular weight excluding hydrogens is 320 g/mol. The Kier molecular flexibility index (Phi) is 6.55. The number of thiophene rings is 1. The standard InChI is InChI=1S/C19H24N2O2S/c1-4-14(2)17(20-18(22)16-8-6-5-7-9-16)19(23)21(3)12-15-10-11-24-13-15/h5-11,13-14,17H,4,12H2,1-3H3,(H,20,22)/t14-,17-/m0/s1. The first kappa shape index (κ1) is 18.2. The maximum absolute atomic E-state index is 12.9. The molecule has 0 saturated heterocycles. The van der Waals surface area contributed by atoms with Crippen molar-refractivity contribution in [2.45, 2.75) is 32.9 Å². The molecule has 5 heteroatoms. The van der Waals surface area contributed by atoms with Crippen LogP contribution in [0.1, 0.15) is 36.2 Å². The van der Waals surface area contributed by atoms with E-state index in [4.69, 9.17) is 0 Å². The summed E-state index contributed by atoms with van der Waals surface area (Å²) in [5.41, 5.74) is 1.67. The number of amides is 2. The highest BCUT2D eigenvalue weighted by Gasteiger charge is 2.28. The van der Waals surface area contributed by atoms with Gasteiger partial charge in [-0.2, -0.15) is 11.3 Å². The largest absolute Gasteiger partial charge is 0.340 e. The number of nitrogens with zero attached hydrogens (tertiary/aromatic N) is 1. The van der Waals surface area contributed by atoms with E-state index in [1.54, 1.807) is 35.4 Å². The molecule has 2 atom stereocenters. The fourth-order valence-corrected chi connectivity index (χ4v) is 3.13. The maximum atomic E-state index is 12.9. The molecule has 1 N–H and O–H groups in total. The number of rotatable bonds is 7. The smallest absolute Gasteiger partial charge is 0.251 e. The first-order valence-electron chi connectivity index (χ1n) is 8.15. The van der Waals surface area contributed by atoms with E-state index in [2.05, 4.69) is 5.32 Å². The van der Waals surface area contributed by atoms with E-state index in [9.17, 15) is 9.59 Å². The Bertz CT molecular complexity index is 655. The van der Waals surface area contributed by atoms with Gasteiger partial charge in [0.1, 0.15) is 6.04 Å². The van der Waals surface area contributed by atoms with Crippen LogP contribution in [0.25, 0.3) is 0 Å². The average Bonchev–Trinajstić information content (AvgIpc) is 3.11. The van der Waals surface area contributed by atoms with E-state index >= 15 is 0 Å². The summed E-state index contributed by atoms with van der Waals surface area (Å²) in [7, 11) is 1.78. The Morgan fingerprint density at radius 1 is 1.21 bits per heavy atom. The predicted molar refractivity (Wildman–Crippen MR) is 97.9 cm³/mol. The molecule has 1 heterocycles. The Labute approximate surface area is 147 Å². The summed E-state index contributed by atoms with van der Waals surface area (Å²) in [5.74, 6) is -0.201. The molecule has 24 heavy (non-hydrogen) atoms. The van der Waals surface area contributed by atoms with E-state index < -0.39 is 6.04 Å². The number of nitrogens with one attached hydrogen (secondary N) is 1. The zero-order valence-electron chi connectivity index (χ0n) is 14.4. The molecule has 0 unspecified atom stereocenters. The number of carbonyl (C=O) groups is 2. The van der Waals surface area contributed by atoms with Crippen LogP contribution >= 0.6 is 11.3 Å². The van der Waals surface area contributed by atoms with Crippen molar-refractivity contribution in [2.24, 2.45) is 5.92 Å². The highest BCUT2D eigenvalue weighted by molar-refractivity contribution is 7.07. The van der Waals surface area contributed by atoms with Gasteiger partial charge < -0.3 is 10.2 Å². The van der Waals surface area contributed by atoms with Gasteiger partial charge in [0.15, 0.2) is 0 Å². The van der Waals surface area contributed by atoms with Crippen molar-refractivity contribution in [3.8, 4) is 0 Å². The van der Waals surface area contributed by atoms with Crippen molar-refractivity contribution in [3.05, 3.63) is 58.3 Å². The Morgan fingerprint density at radius 3 is 2.50 bits per heavy atom. The van der Waals surface area contributed by atoms with Crippen molar-refractivity contribution in [2.75, 3.05) is 7.05 Å². The van der Waals surface area contributed by atoms with Crippen LogP contribution in [-0.4, -0.2) is 29.8 Å². The zero-order valence-corrected chi connectivity index (χ0v) is 15.2. The minimum Gasteiger partial charge on any atom is -0.340 e. The molecule has 2 aromatic rings. The molecule has 1 aromatic heterocycles. The lowest BCUT2D eigenvalue weighted by Gasteiger charge is -2.28. The number of likely N-dealkylation sites (N-methyl/N-ethyl adjacent to an activating group) is 1. The molecule has 0 aliphatic carbocycles. The topological polar surface area (TPSA) is 49.4 Å². The Balaban J connectivity index is 2.09. The van der Waals surface area contributed by atoms with E-state index in [1.807, 2.05) is 48.9 Å². The van der Waals surface area contributed by atoms with E-state index in [0.29, 0.717) is 12.1 Å². The summed E-state index contributed by atoms with van der Waals surface area (Å²) >= 11 is 1.61. The average molecular weight is 344 g/mol. The minimum absolute atomic E-state index is 0.0557. The zero-order chi connectivity index (χ0) is 17.5. The van der Waals surface area contributed by atoms with Gasteiger partial charge >= 0.3 is 0 Å². The van der Waals surface area contributed by atoms with Crippen molar-refractivity contribution in [1.82, 2.24) is 10.2 Å². The molecule has 0 fully saturated rings. The normalized spacial score (nSPS) is 13.1. The highest BCUT2D eigenvalue weighted by atomic mass is 32.1. The molecule has 0 aliphatic heterocycles. The van der Waals surface area contributed by atoms with Gasteiger partial charge in [0.25, 0.3) is 5.91 Å². The summed E-state index contributed by atoms with van der Waals surface area (Å²) in [5, 5.41) is 6.95. The predicted octanol–water partition coefficient (Wildman–Crippen LogP) is 3.55. The van der Waals surface area contributed by atoms with Crippen molar-refractivity contribution in [3.63, 3.8) is 0 Å². The van der Waals surface area contributed by atoms with Gasteiger partial charge in [-0.15, -0.1) is 0 Å². The van der Waals surface area contributed by atoms with Crippen LogP contribution in [0.2, 0.25) is 0 Å². The van der Waals surface area contributed by atoms with Crippen LogP contribution in [0.4, 0.5) is 0 Å². The first-order chi connectivity index (χ1) is 11.5. The Hall–Kier alpha value is -2.14. The molecule has 2 amide bonds. The van der Waals surface area contributed by atoms with Crippen LogP contribution in [-0.2, 0) is 11.3 Å². The van der Waals surface area contributed by atoms with Gasteiger partial charge in [-0.1, -0.05) is 38.5 Å². The third-order valence-corrected chi connectivity index (χ3v) is 4.91. The second-order valence-electron chi connectivity index (χ2n) is 6.03. The van der Waals surface area contributed by atoms with Crippen LogP contribution in [0.3, 0.4) is 0 Å². The molecule has 0 radical (unpaired) electrons. The molecule has 2 rings (SSSR count). The third-order valence-electron chi connectivity index (χ3n) is 4.18. The molecule has 0 spiro atoms. The van der Waals surface area contributed by atoms with Crippen LogP contribution in [0, 0.1) is 5.92 Å².